The molecule has 1 aliphatic rings. The summed E-state index contributed by atoms with van der Waals surface area (Å²) >= 11 is 1.41. The number of aromatic nitrogens is 3. The van der Waals surface area contributed by atoms with Gasteiger partial charge in [0.15, 0.2) is 0 Å². The van der Waals surface area contributed by atoms with E-state index >= 15 is 0 Å². The average molecular weight is 308 g/mol. The highest BCUT2D eigenvalue weighted by Crippen LogP contribution is 2.21. The summed E-state index contributed by atoms with van der Waals surface area (Å²) in [7, 11) is 1.42. The highest BCUT2D eigenvalue weighted by Gasteiger charge is 2.29. The monoisotopic (exact) mass is 308 g/mol. The zero-order chi connectivity index (χ0) is 15.0. The van der Waals surface area contributed by atoms with Crippen LogP contribution in [0.5, 0.6) is 0 Å². The molecule has 0 amide bonds. The van der Waals surface area contributed by atoms with Crippen LogP contribution in [-0.2, 0) is 16.1 Å². The summed E-state index contributed by atoms with van der Waals surface area (Å²) in [5, 5.41) is 5.14. The van der Waals surface area contributed by atoms with E-state index in [1.165, 1.54) is 29.0 Å². The molecular weight excluding hydrogens is 292 g/mol. The third-order valence-electron chi connectivity index (χ3n) is 3.58. The fraction of sp³-hybridized carbons (Fsp3) is 0.538. The van der Waals surface area contributed by atoms with Gasteiger partial charge in [0.25, 0.3) is 5.56 Å². The maximum absolute atomic E-state index is 11.8. The molecular formula is C13H16N4O3S. The zero-order valence-corrected chi connectivity index (χ0v) is 12.7. The van der Waals surface area contributed by atoms with Crippen LogP contribution in [0.3, 0.4) is 0 Å². The Morgan fingerprint density at radius 1 is 1.57 bits per heavy atom. The van der Waals surface area contributed by atoms with E-state index in [9.17, 15) is 9.59 Å². The first kappa shape index (κ1) is 14.2. The van der Waals surface area contributed by atoms with Gasteiger partial charge >= 0.3 is 5.97 Å². The van der Waals surface area contributed by atoms with Crippen molar-refractivity contribution >= 4 is 22.3 Å². The molecule has 0 bridgehead atoms. The summed E-state index contributed by atoms with van der Waals surface area (Å²) < 4.78 is 6.11. The van der Waals surface area contributed by atoms with Crippen LogP contribution in [0.1, 0.15) is 17.1 Å². The van der Waals surface area contributed by atoms with Crippen molar-refractivity contribution in [3.63, 3.8) is 0 Å². The largest absolute Gasteiger partial charge is 0.469 e. The summed E-state index contributed by atoms with van der Waals surface area (Å²) in [4.78, 5) is 30.4. The van der Waals surface area contributed by atoms with Crippen LogP contribution in [0.2, 0.25) is 0 Å². The number of esters is 1. The molecule has 1 fully saturated rings. The predicted octanol–water partition coefficient (Wildman–Crippen LogP) is 0.454. The first-order valence-electron chi connectivity index (χ1n) is 6.73. The van der Waals surface area contributed by atoms with E-state index in [0.717, 1.165) is 18.0 Å². The topological polar surface area (TPSA) is 76.8 Å². The Morgan fingerprint density at radius 3 is 3.14 bits per heavy atom. The highest BCUT2D eigenvalue weighted by molar-refractivity contribution is 7.16. The van der Waals surface area contributed by atoms with Crippen LogP contribution in [-0.4, -0.2) is 45.7 Å². The summed E-state index contributed by atoms with van der Waals surface area (Å²) in [6.45, 7) is 3.92. The van der Waals surface area contributed by atoms with Crippen molar-refractivity contribution in [2.45, 2.75) is 19.9 Å². The maximum atomic E-state index is 11.8. The molecule has 21 heavy (non-hydrogen) atoms. The third kappa shape index (κ3) is 2.81. The van der Waals surface area contributed by atoms with Crippen molar-refractivity contribution in [2.24, 2.45) is 5.92 Å². The molecule has 0 aliphatic carbocycles. The lowest BCUT2D eigenvalue weighted by molar-refractivity contribution is -0.144. The molecule has 1 aliphatic heterocycles. The number of likely N-dealkylation sites (tertiary alicyclic amines) is 1. The van der Waals surface area contributed by atoms with E-state index in [1.807, 2.05) is 0 Å². The Bertz CT molecular complexity index is 739. The number of carbonyl (C=O) groups is 1. The normalized spacial score (nSPS) is 19.2. The first-order valence-corrected chi connectivity index (χ1v) is 7.55. The first-order chi connectivity index (χ1) is 10.1. The van der Waals surface area contributed by atoms with E-state index in [-0.39, 0.29) is 17.4 Å². The zero-order valence-electron chi connectivity index (χ0n) is 11.9. The number of carbonyl (C=O) groups excluding carboxylic acids is 1. The lowest BCUT2D eigenvalue weighted by atomic mass is 10.1. The Hall–Kier alpha value is -1.80. The Labute approximate surface area is 125 Å². The summed E-state index contributed by atoms with van der Waals surface area (Å²) in [5.41, 5.74) is 0.538. The second kappa shape index (κ2) is 5.53. The van der Waals surface area contributed by atoms with Crippen LogP contribution >= 0.6 is 11.3 Å². The van der Waals surface area contributed by atoms with Crippen LogP contribution < -0.4 is 5.56 Å². The van der Waals surface area contributed by atoms with Gasteiger partial charge in [0, 0.05) is 18.3 Å². The van der Waals surface area contributed by atoms with Crippen molar-refractivity contribution in [2.75, 3.05) is 20.2 Å². The number of ether oxygens (including phenoxy) is 1. The predicted molar refractivity (Wildman–Crippen MR) is 77.3 cm³/mol. The molecule has 0 aromatic carbocycles. The maximum Gasteiger partial charge on any atom is 0.310 e. The van der Waals surface area contributed by atoms with Gasteiger partial charge in [-0.15, -0.1) is 0 Å². The molecule has 0 spiro atoms. The number of hydrogen-bond donors (Lipinski definition) is 0. The molecule has 0 radical (unpaired) electrons. The van der Waals surface area contributed by atoms with Gasteiger partial charge in [-0.05, 0) is 19.9 Å². The molecule has 2 aromatic rings. The second-order valence-electron chi connectivity index (χ2n) is 5.17. The van der Waals surface area contributed by atoms with Crippen LogP contribution in [0.25, 0.3) is 4.96 Å². The number of hydrogen-bond acceptors (Lipinski definition) is 7. The average Bonchev–Trinajstić information content (AvgIpc) is 3.05. The van der Waals surface area contributed by atoms with Crippen molar-refractivity contribution in [3.05, 3.63) is 27.1 Å². The Balaban J connectivity index is 1.76. The molecule has 112 valence electrons. The van der Waals surface area contributed by atoms with Gasteiger partial charge in [-0.3, -0.25) is 14.5 Å². The van der Waals surface area contributed by atoms with Gasteiger partial charge in [0.05, 0.1) is 19.6 Å². The van der Waals surface area contributed by atoms with E-state index in [2.05, 4.69) is 15.0 Å². The van der Waals surface area contributed by atoms with Crippen LogP contribution in [0, 0.1) is 12.8 Å². The van der Waals surface area contributed by atoms with Crippen LogP contribution in [0.4, 0.5) is 0 Å². The number of aryl methyl sites for hydroxylation is 1. The van der Waals surface area contributed by atoms with E-state index in [4.69, 9.17) is 4.74 Å². The molecule has 0 saturated carbocycles. The van der Waals surface area contributed by atoms with E-state index in [0.29, 0.717) is 23.7 Å². The lowest BCUT2D eigenvalue weighted by Crippen LogP contribution is -2.24. The second-order valence-corrected chi connectivity index (χ2v) is 6.21. The molecule has 1 unspecified atom stereocenters. The van der Waals surface area contributed by atoms with Crippen molar-refractivity contribution < 1.29 is 9.53 Å². The molecule has 8 heteroatoms. The van der Waals surface area contributed by atoms with Crippen LogP contribution in [0.15, 0.2) is 10.9 Å². The van der Waals surface area contributed by atoms with Crippen molar-refractivity contribution in [1.29, 1.82) is 0 Å². The minimum Gasteiger partial charge on any atom is -0.469 e. The minimum absolute atomic E-state index is 0.0625. The smallest absolute Gasteiger partial charge is 0.310 e. The molecule has 0 N–H and O–H groups in total. The van der Waals surface area contributed by atoms with Gasteiger partial charge in [-0.1, -0.05) is 11.3 Å². The summed E-state index contributed by atoms with van der Waals surface area (Å²) in [5.74, 6) is -0.220. The number of rotatable bonds is 3. The molecule has 2 aromatic heterocycles. The van der Waals surface area contributed by atoms with Gasteiger partial charge in [0.2, 0.25) is 4.96 Å². The van der Waals surface area contributed by atoms with Crippen molar-refractivity contribution in [1.82, 2.24) is 19.5 Å². The number of fused-ring (bicyclic) bond motifs is 1. The molecule has 3 heterocycles. The summed E-state index contributed by atoms with van der Waals surface area (Å²) in [6.07, 6.45) is 0.800. The third-order valence-corrected chi connectivity index (χ3v) is 4.47. The highest BCUT2D eigenvalue weighted by atomic mass is 32.1. The Morgan fingerprint density at radius 2 is 2.38 bits per heavy atom. The standard InChI is InChI=1S/C13H16N4O3S/c1-8-5-11(18)17-13(14-8)21-10(15-17)7-16-4-3-9(6-16)12(19)20-2/h5,9H,3-4,6-7H2,1-2H3. The fourth-order valence-electron chi connectivity index (χ4n) is 2.55. The Kier molecular flexibility index (Phi) is 3.73. The number of methoxy groups -OCH3 is 1. The molecule has 1 atom stereocenters. The van der Waals surface area contributed by atoms with Gasteiger partial charge < -0.3 is 4.74 Å². The van der Waals surface area contributed by atoms with E-state index in [1.54, 1.807) is 6.92 Å². The molecule has 3 rings (SSSR count). The summed E-state index contributed by atoms with van der Waals surface area (Å²) in [6, 6.07) is 1.47. The SMILES string of the molecule is COC(=O)C1CCN(Cc2nn3c(=O)cc(C)nc3s2)C1. The van der Waals surface area contributed by atoms with Gasteiger partial charge in [-0.2, -0.15) is 9.61 Å². The molecule has 1 saturated heterocycles. The minimum atomic E-state index is -0.158. The number of nitrogens with zero attached hydrogens (tertiary/aromatic N) is 4. The van der Waals surface area contributed by atoms with Gasteiger partial charge in [0.1, 0.15) is 5.01 Å². The fourth-order valence-corrected chi connectivity index (χ4v) is 3.54. The van der Waals surface area contributed by atoms with Gasteiger partial charge in [-0.25, -0.2) is 4.98 Å². The van der Waals surface area contributed by atoms with Crippen molar-refractivity contribution in [3.8, 4) is 0 Å². The quantitative estimate of drug-likeness (QED) is 0.767. The van der Waals surface area contributed by atoms with E-state index < -0.39 is 0 Å². The molecule has 7 nitrogen and oxygen atoms in total. The lowest BCUT2D eigenvalue weighted by Gasteiger charge is -2.12.